The monoisotopic (exact) mass is 270 g/mol. The Bertz CT molecular complexity index is 389. The van der Waals surface area contributed by atoms with E-state index in [1.807, 2.05) is 25.1 Å². The number of aryl methyl sites for hydroxylation is 1. The van der Waals surface area contributed by atoms with Crippen LogP contribution in [0.1, 0.15) is 5.69 Å². The summed E-state index contributed by atoms with van der Waals surface area (Å²) in [6.45, 7) is 1.95. The normalized spacial score (nSPS) is 10.5. The smallest absolute Gasteiger partial charge is 0.0900 e. The molecule has 1 aromatic heterocycles. The molecule has 0 spiro atoms. The van der Waals surface area contributed by atoms with Crippen molar-refractivity contribution in [1.29, 1.82) is 0 Å². The number of rotatable bonds is 0. The summed E-state index contributed by atoms with van der Waals surface area (Å²) in [4.78, 5) is 8.63. The van der Waals surface area contributed by atoms with Gasteiger partial charge in [0.05, 0.1) is 16.7 Å². The number of aromatic nitrogens is 2. The zero-order chi connectivity index (χ0) is 8.55. The molecule has 3 heteroatoms. The van der Waals surface area contributed by atoms with Crippen molar-refractivity contribution in [2.24, 2.45) is 0 Å². The Kier molecular flexibility index (Phi) is 1.96. The summed E-state index contributed by atoms with van der Waals surface area (Å²) >= 11 is 2.27. The van der Waals surface area contributed by atoms with Gasteiger partial charge in [-0.05, 0) is 47.7 Å². The molecule has 0 unspecified atom stereocenters. The van der Waals surface area contributed by atoms with Gasteiger partial charge in [0.15, 0.2) is 0 Å². The first-order chi connectivity index (χ1) is 5.75. The summed E-state index contributed by atoms with van der Waals surface area (Å²) in [6.07, 6.45) is 1.79. The van der Waals surface area contributed by atoms with Gasteiger partial charge in [0, 0.05) is 9.77 Å². The van der Waals surface area contributed by atoms with Crippen LogP contribution in [0.15, 0.2) is 24.4 Å². The Morgan fingerprint density at radius 2 is 2.08 bits per heavy atom. The molecule has 2 nitrogen and oxygen atoms in total. The molecule has 0 aliphatic heterocycles. The van der Waals surface area contributed by atoms with Crippen LogP contribution >= 0.6 is 22.6 Å². The third-order valence-corrected chi connectivity index (χ3v) is 2.30. The van der Waals surface area contributed by atoms with Gasteiger partial charge in [-0.15, -0.1) is 0 Å². The van der Waals surface area contributed by atoms with Gasteiger partial charge in [-0.1, -0.05) is 0 Å². The summed E-state index contributed by atoms with van der Waals surface area (Å²) in [7, 11) is 0. The molecule has 2 aromatic rings. The van der Waals surface area contributed by atoms with Gasteiger partial charge < -0.3 is 0 Å². The molecule has 60 valence electrons. The van der Waals surface area contributed by atoms with E-state index in [4.69, 9.17) is 0 Å². The molecule has 1 heterocycles. The molecule has 0 saturated carbocycles. The van der Waals surface area contributed by atoms with Crippen molar-refractivity contribution in [2.45, 2.75) is 6.92 Å². The minimum Gasteiger partial charge on any atom is -0.253 e. The maximum Gasteiger partial charge on any atom is 0.0900 e. The van der Waals surface area contributed by atoms with Gasteiger partial charge in [-0.3, -0.25) is 4.98 Å². The lowest BCUT2D eigenvalue weighted by molar-refractivity contribution is 1.18. The van der Waals surface area contributed by atoms with Crippen LogP contribution in [-0.2, 0) is 0 Å². The van der Waals surface area contributed by atoms with Crippen molar-refractivity contribution in [3.8, 4) is 0 Å². The quantitative estimate of drug-likeness (QED) is 0.687. The molecule has 0 fully saturated rings. The summed E-state index contributed by atoms with van der Waals surface area (Å²) in [5, 5.41) is 0. The highest BCUT2D eigenvalue weighted by atomic mass is 127. The minimum atomic E-state index is 0.959. The molecule has 0 saturated heterocycles. The highest BCUT2D eigenvalue weighted by Crippen LogP contribution is 2.13. The fraction of sp³-hybridized carbons (Fsp3) is 0.111. The van der Waals surface area contributed by atoms with E-state index >= 15 is 0 Å². The van der Waals surface area contributed by atoms with Crippen LogP contribution < -0.4 is 0 Å². The lowest BCUT2D eigenvalue weighted by atomic mass is 10.3. The molecule has 12 heavy (non-hydrogen) atoms. The van der Waals surface area contributed by atoms with Crippen molar-refractivity contribution in [3.05, 3.63) is 33.7 Å². The van der Waals surface area contributed by atoms with E-state index in [0.717, 1.165) is 16.7 Å². The Labute approximate surface area is 84.2 Å². The lowest BCUT2D eigenvalue weighted by Gasteiger charge is -1.97. The van der Waals surface area contributed by atoms with Crippen LogP contribution in [0.4, 0.5) is 0 Å². The standard InChI is InChI=1S/C9H7IN2/c1-6-5-11-8-3-2-7(10)4-9(8)12-6/h2-5H,1H3. The van der Waals surface area contributed by atoms with Crippen molar-refractivity contribution < 1.29 is 0 Å². The topological polar surface area (TPSA) is 25.8 Å². The largest absolute Gasteiger partial charge is 0.253 e. The number of nitrogens with zero attached hydrogens (tertiary/aromatic N) is 2. The predicted octanol–water partition coefficient (Wildman–Crippen LogP) is 2.54. The van der Waals surface area contributed by atoms with Gasteiger partial charge in [-0.2, -0.15) is 0 Å². The first-order valence-corrected chi connectivity index (χ1v) is 4.72. The lowest BCUT2D eigenvalue weighted by Crippen LogP contribution is -1.86. The Hall–Kier alpha value is -0.710. The molecule has 2 rings (SSSR count). The zero-order valence-corrected chi connectivity index (χ0v) is 8.74. The predicted molar refractivity (Wildman–Crippen MR) is 57.0 cm³/mol. The maximum atomic E-state index is 4.37. The van der Waals surface area contributed by atoms with Crippen LogP contribution in [-0.4, -0.2) is 9.97 Å². The van der Waals surface area contributed by atoms with Gasteiger partial charge in [0.25, 0.3) is 0 Å². The molecule has 0 aliphatic rings. The minimum absolute atomic E-state index is 0.959. The third kappa shape index (κ3) is 1.41. The highest BCUT2D eigenvalue weighted by Gasteiger charge is 1.96. The van der Waals surface area contributed by atoms with Crippen molar-refractivity contribution in [3.63, 3.8) is 0 Å². The summed E-state index contributed by atoms with van der Waals surface area (Å²) in [5.41, 5.74) is 2.90. The molecule has 0 bridgehead atoms. The second-order valence-electron chi connectivity index (χ2n) is 2.64. The molecule has 0 N–H and O–H groups in total. The van der Waals surface area contributed by atoms with Gasteiger partial charge in [0.1, 0.15) is 0 Å². The Balaban J connectivity index is 2.80. The second kappa shape index (κ2) is 2.97. The van der Waals surface area contributed by atoms with E-state index in [0.29, 0.717) is 0 Å². The average molecular weight is 270 g/mol. The second-order valence-corrected chi connectivity index (χ2v) is 3.89. The summed E-state index contributed by atoms with van der Waals surface area (Å²) in [5.74, 6) is 0. The van der Waals surface area contributed by atoms with Crippen LogP contribution in [0.3, 0.4) is 0 Å². The Morgan fingerprint density at radius 1 is 1.25 bits per heavy atom. The summed E-state index contributed by atoms with van der Waals surface area (Å²) in [6, 6.07) is 6.06. The third-order valence-electron chi connectivity index (χ3n) is 1.62. The molecule has 0 amide bonds. The van der Waals surface area contributed by atoms with Crippen LogP contribution in [0, 0.1) is 10.5 Å². The van der Waals surface area contributed by atoms with E-state index in [-0.39, 0.29) is 0 Å². The molecule has 1 aromatic carbocycles. The Morgan fingerprint density at radius 3 is 2.92 bits per heavy atom. The van der Waals surface area contributed by atoms with Crippen molar-refractivity contribution >= 4 is 33.6 Å². The maximum absolute atomic E-state index is 4.37. The first kappa shape index (κ1) is 7.91. The first-order valence-electron chi connectivity index (χ1n) is 3.64. The fourth-order valence-corrected chi connectivity index (χ4v) is 1.55. The van der Waals surface area contributed by atoms with E-state index in [2.05, 4.69) is 32.6 Å². The average Bonchev–Trinajstić information content (AvgIpc) is 2.03. The van der Waals surface area contributed by atoms with Crippen molar-refractivity contribution in [1.82, 2.24) is 9.97 Å². The number of fused-ring (bicyclic) bond motifs is 1. The molecular formula is C9H7IN2. The highest BCUT2D eigenvalue weighted by molar-refractivity contribution is 14.1. The molecule has 0 atom stereocenters. The molecule has 0 aliphatic carbocycles. The zero-order valence-electron chi connectivity index (χ0n) is 6.58. The van der Waals surface area contributed by atoms with Gasteiger partial charge in [0.2, 0.25) is 0 Å². The summed E-state index contributed by atoms with van der Waals surface area (Å²) < 4.78 is 1.19. The number of benzene rings is 1. The SMILES string of the molecule is Cc1cnc2ccc(I)cc2n1. The van der Waals surface area contributed by atoms with Crippen molar-refractivity contribution in [2.75, 3.05) is 0 Å². The van der Waals surface area contributed by atoms with Gasteiger partial charge >= 0.3 is 0 Å². The van der Waals surface area contributed by atoms with Crippen LogP contribution in [0.2, 0.25) is 0 Å². The van der Waals surface area contributed by atoms with Gasteiger partial charge in [-0.25, -0.2) is 4.98 Å². The van der Waals surface area contributed by atoms with E-state index < -0.39 is 0 Å². The number of hydrogen-bond donors (Lipinski definition) is 0. The van der Waals surface area contributed by atoms with E-state index in [9.17, 15) is 0 Å². The number of halogens is 1. The van der Waals surface area contributed by atoms with E-state index in [1.165, 1.54) is 3.57 Å². The van der Waals surface area contributed by atoms with Crippen LogP contribution in [0.5, 0.6) is 0 Å². The molecule has 0 radical (unpaired) electrons. The fourth-order valence-electron chi connectivity index (χ4n) is 1.08. The van der Waals surface area contributed by atoms with Crippen LogP contribution in [0.25, 0.3) is 11.0 Å². The molecular weight excluding hydrogens is 263 g/mol. The van der Waals surface area contributed by atoms with E-state index in [1.54, 1.807) is 6.20 Å². The number of hydrogen-bond acceptors (Lipinski definition) is 2.